The summed E-state index contributed by atoms with van der Waals surface area (Å²) in [5, 5.41) is 12.2. The monoisotopic (exact) mass is 435 g/mol. The van der Waals surface area contributed by atoms with Crippen LogP contribution in [0.15, 0.2) is 78.2 Å². The molecule has 9 heteroatoms. The topological polar surface area (TPSA) is 83.2 Å². The lowest BCUT2D eigenvalue weighted by Gasteiger charge is -2.11. The van der Waals surface area contributed by atoms with Gasteiger partial charge in [-0.2, -0.15) is 0 Å². The molecule has 1 N–H and O–H groups in total. The number of ether oxygens (including phenoxy) is 2. The fourth-order valence-corrected chi connectivity index (χ4v) is 3.68. The average molecular weight is 436 g/mol. The van der Waals surface area contributed by atoms with Gasteiger partial charge in [0.25, 0.3) is 0 Å². The first-order valence-electron chi connectivity index (χ1n) is 9.48. The smallest absolute Gasteiger partial charge is 0.234 e. The summed E-state index contributed by atoms with van der Waals surface area (Å²) in [7, 11) is 3.23. The van der Waals surface area contributed by atoms with Crippen molar-refractivity contribution in [2.24, 2.45) is 0 Å². The van der Waals surface area contributed by atoms with Crippen molar-refractivity contribution >= 4 is 23.4 Å². The van der Waals surface area contributed by atoms with Crippen LogP contribution in [0.5, 0.6) is 11.5 Å². The van der Waals surface area contributed by atoms with Crippen molar-refractivity contribution in [3.05, 3.63) is 73.1 Å². The van der Waals surface area contributed by atoms with Crippen LogP contribution in [-0.2, 0) is 4.79 Å². The molecule has 0 bridgehead atoms. The number of rotatable bonds is 8. The molecule has 0 saturated heterocycles. The first kappa shape index (κ1) is 20.5. The largest absolute Gasteiger partial charge is 0.497 e. The van der Waals surface area contributed by atoms with Gasteiger partial charge >= 0.3 is 0 Å². The van der Waals surface area contributed by atoms with E-state index in [0.717, 1.165) is 17.1 Å². The molecule has 4 aromatic rings. The van der Waals surface area contributed by atoms with Crippen LogP contribution in [0.3, 0.4) is 0 Å². The lowest BCUT2D eigenvalue weighted by atomic mass is 10.2. The molecular weight excluding hydrogens is 414 g/mol. The highest BCUT2D eigenvalue weighted by Gasteiger charge is 2.17. The van der Waals surface area contributed by atoms with Crippen molar-refractivity contribution < 1.29 is 14.3 Å². The molecule has 8 nitrogen and oxygen atoms in total. The molecule has 0 radical (unpaired) electrons. The second-order valence-corrected chi connectivity index (χ2v) is 7.42. The van der Waals surface area contributed by atoms with Crippen LogP contribution in [-0.4, -0.2) is 45.4 Å². The highest BCUT2D eigenvalue weighted by molar-refractivity contribution is 7.99. The molecule has 4 rings (SSSR count). The number of benzene rings is 2. The molecule has 158 valence electrons. The van der Waals surface area contributed by atoms with Gasteiger partial charge in [0.15, 0.2) is 5.82 Å². The minimum absolute atomic E-state index is 0.136. The number of hydrogen-bond donors (Lipinski definition) is 1. The summed E-state index contributed by atoms with van der Waals surface area (Å²) in [6.07, 6.45) is 3.80. The minimum atomic E-state index is -0.136. The van der Waals surface area contributed by atoms with Gasteiger partial charge in [0.2, 0.25) is 11.1 Å². The summed E-state index contributed by atoms with van der Waals surface area (Å²) in [5.41, 5.74) is 1.59. The molecule has 1 amide bonds. The number of anilines is 1. The second kappa shape index (κ2) is 9.40. The van der Waals surface area contributed by atoms with Gasteiger partial charge in [0.05, 0.1) is 20.0 Å². The molecule has 0 aliphatic rings. The fourth-order valence-electron chi connectivity index (χ4n) is 2.94. The van der Waals surface area contributed by atoms with Gasteiger partial charge in [0, 0.05) is 23.6 Å². The molecule has 0 spiro atoms. The minimum Gasteiger partial charge on any atom is -0.497 e. The van der Waals surface area contributed by atoms with Crippen LogP contribution >= 0.6 is 11.8 Å². The Labute approximate surface area is 183 Å². The van der Waals surface area contributed by atoms with E-state index in [4.69, 9.17) is 9.47 Å². The van der Waals surface area contributed by atoms with E-state index < -0.39 is 0 Å². The van der Waals surface area contributed by atoms with Crippen molar-refractivity contribution in [2.45, 2.75) is 5.16 Å². The average Bonchev–Trinajstić information content (AvgIpc) is 3.48. The molecule has 0 aliphatic carbocycles. The summed E-state index contributed by atoms with van der Waals surface area (Å²) in [6, 6.07) is 18.6. The first-order chi connectivity index (χ1) is 15.2. The lowest BCUT2D eigenvalue weighted by Crippen LogP contribution is -2.15. The predicted octanol–water partition coefficient (Wildman–Crippen LogP) is 3.81. The van der Waals surface area contributed by atoms with Crippen LogP contribution < -0.4 is 14.8 Å². The second-order valence-electron chi connectivity index (χ2n) is 6.47. The molecule has 0 saturated carbocycles. The van der Waals surface area contributed by atoms with Gasteiger partial charge in [-0.3, -0.25) is 9.47 Å². The van der Waals surface area contributed by atoms with Crippen molar-refractivity contribution in [1.29, 1.82) is 0 Å². The lowest BCUT2D eigenvalue weighted by molar-refractivity contribution is -0.113. The zero-order valence-electron chi connectivity index (χ0n) is 17.1. The third kappa shape index (κ3) is 4.72. The van der Waals surface area contributed by atoms with Gasteiger partial charge in [-0.25, -0.2) is 4.68 Å². The Kier molecular flexibility index (Phi) is 6.23. The fraction of sp³-hybridized carbons (Fsp3) is 0.136. The Hall–Kier alpha value is -3.72. The zero-order valence-corrected chi connectivity index (χ0v) is 17.9. The quantitative estimate of drug-likeness (QED) is 0.424. The molecule has 0 unspecified atom stereocenters. The third-order valence-corrected chi connectivity index (χ3v) is 5.41. The van der Waals surface area contributed by atoms with E-state index in [9.17, 15) is 4.79 Å². The van der Waals surface area contributed by atoms with E-state index in [1.54, 1.807) is 38.5 Å². The first-order valence-corrected chi connectivity index (χ1v) is 10.5. The summed E-state index contributed by atoms with van der Waals surface area (Å²) in [6.45, 7) is 0. The summed E-state index contributed by atoms with van der Waals surface area (Å²) in [4.78, 5) is 12.4. The van der Waals surface area contributed by atoms with Crippen LogP contribution in [0.25, 0.3) is 11.4 Å². The maximum atomic E-state index is 12.4. The Morgan fingerprint density at radius 2 is 1.55 bits per heavy atom. The van der Waals surface area contributed by atoms with Gasteiger partial charge in [-0.15, -0.1) is 10.2 Å². The Morgan fingerprint density at radius 1 is 0.935 bits per heavy atom. The number of carbonyl (C=O) groups is 1. The van der Waals surface area contributed by atoms with Crippen LogP contribution in [0, 0.1) is 0 Å². The van der Waals surface area contributed by atoms with E-state index in [1.165, 1.54) is 11.8 Å². The number of carbonyl (C=O) groups excluding carboxylic acids is 1. The molecule has 2 heterocycles. The van der Waals surface area contributed by atoms with E-state index in [2.05, 4.69) is 15.5 Å². The van der Waals surface area contributed by atoms with Gasteiger partial charge < -0.3 is 14.8 Å². The number of amides is 1. The summed E-state index contributed by atoms with van der Waals surface area (Å²) >= 11 is 1.31. The predicted molar refractivity (Wildman–Crippen MR) is 120 cm³/mol. The van der Waals surface area contributed by atoms with E-state index in [0.29, 0.717) is 16.7 Å². The Morgan fingerprint density at radius 3 is 2.16 bits per heavy atom. The normalized spacial score (nSPS) is 10.6. The van der Waals surface area contributed by atoms with Crippen LogP contribution in [0.1, 0.15) is 0 Å². The molecular formula is C22H21N5O3S. The molecule has 0 atom stereocenters. The highest BCUT2D eigenvalue weighted by Crippen LogP contribution is 2.26. The zero-order chi connectivity index (χ0) is 21.6. The number of nitrogens with one attached hydrogen (secondary N) is 1. The van der Waals surface area contributed by atoms with Crippen molar-refractivity contribution in [3.63, 3.8) is 0 Å². The maximum Gasteiger partial charge on any atom is 0.234 e. The number of aromatic nitrogens is 4. The summed E-state index contributed by atoms with van der Waals surface area (Å²) < 4.78 is 14.1. The molecule has 2 aromatic carbocycles. The van der Waals surface area contributed by atoms with Crippen molar-refractivity contribution in [2.75, 3.05) is 25.3 Å². The highest BCUT2D eigenvalue weighted by atomic mass is 32.2. The third-order valence-electron chi connectivity index (χ3n) is 4.49. The van der Waals surface area contributed by atoms with E-state index in [-0.39, 0.29) is 11.7 Å². The van der Waals surface area contributed by atoms with Crippen LogP contribution in [0.2, 0.25) is 0 Å². The molecule has 0 aliphatic heterocycles. The van der Waals surface area contributed by atoms with Crippen molar-refractivity contribution in [3.8, 4) is 22.9 Å². The standard InChI is InChI=1S/C22H21N5O3S/c1-29-18-9-5-16(6-10-18)21-24-25-22(27(21)26-13-3-4-14-26)31-15-20(28)23-17-7-11-19(30-2)12-8-17/h3-14H,15H2,1-2H3,(H,23,28). The van der Waals surface area contributed by atoms with Crippen molar-refractivity contribution in [1.82, 2.24) is 19.5 Å². The number of methoxy groups -OCH3 is 2. The molecule has 0 fully saturated rings. The number of nitrogens with zero attached hydrogens (tertiary/aromatic N) is 4. The molecule has 2 aromatic heterocycles. The molecule has 31 heavy (non-hydrogen) atoms. The Bertz CT molecular complexity index is 1140. The van der Waals surface area contributed by atoms with E-state index >= 15 is 0 Å². The van der Waals surface area contributed by atoms with E-state index in [1.807, 2.05) is 58.1 Å². The Balaban J connectivity index is 1.52. The van der Waals surface area contributed by atoms with Gasteiger partial charge in [-0.05, 0) is 60.7 Å². The maximum absolute atomic E-state index is 12.4. The van der Waals surface area contributed by atoms with Crippen LogP contribution in [0.4, 0.5) is 5.69 Å². The summed E-state index contributed by atoms with van der Waals surface area (Å²) in [5.74, 6) is 2.22. The SMILES string of the molecule is COc1ccc(NC(=O)CSc2nnc(-c3ccc(OC)cc3)n2-n2cccc2)cc1. The number of thioether (sulfide) groups is 1. The number of hydrogen-bond acceptors (Lipinski definition) is 6. The van der Waals surface area contributed by atoms with Gasteiger partial charge in [-0.1, -0.05) is 11.8 Å². The van der Waals surface area contributed by atoms with Gasteiger partial charge in [0.1, 0.15) is 11.5 Å².